The zero-order valence-electron chi connectivity index (χ0n) is 21.7. The van der Waals surface area contributed by atoms with Gasteiger partial charge in [0.1, 0.15) is 0 Å². The lowest BCUT2D eigenvalue weighted by molar-refractivity contribution is -0.137. The van der Waals surface area contributed by atoms with E-state index < -0.39 is 17.4 Å². The van der Waals surface area contributed by atoms with E-state index >= 15 is 0 Å². The van der Waals surface area contributed by atoms with Crippen LogP contribution in [0.25, 0.3) is 38.8 Å². The van der Waals surface area contributed by atoms with Crippen molar-refractivity contribution in [1.82, 2.24) is 24.4 Å². The maximum atomic E-state index is 14.5. The summed E-state index contributed by atoms with van der Waals surface area (Å²) in [5.41, 5.74) is 2.46. The van der Waals surface area contributed by atoms with E-state index in [0.717, 1.165) is 17.2 Å². The molecule has 10 heteroatoms. The summed E-state index contributed by atoms with van der Waals surface area (Å²) in [6.07, 6.45) is 0.400. The van der Waals surface area contributed by atoms with Gasteiger partial charge in [-0.1, -0.05) is 12.1 Å². The van der Waals surface area contributed by atoms with Crippen molar-refractivity contribution >= 4 is 27.6 Å². The fourth-order valence-electron chi connectivity index (χ4n) is 5.64. The molecule has 1 aliphatic rings. The van der Waals surface area contributed by atoms with Crippen LogP contribution >= 0.6 is 0 Å². The van der Waals surface area contributed by atoms with Gasteiger partial charge in [-0.3, -0.25) is 19.1 Å². The van der Waals surface area contributed by atoms with Crippen molar-refractivity contribution in [2.75, 3.05) is 18.0 Å². The van der Waals surface area contributed by atoms with Crippen molar-refractivity contribution in [3.63, 3.8) is 0 Å². The molecule has 7 nitrogen and oxygen atoms in total. The number of halogens is 3. The molecule has 0 saturated carbocycles. The largest absolute Gasteiger partial charge is 0.418 e. The Balaban J connectivity index is 1.59. The third-order valence-electron chi connectivity index (χ3n) is 7.32. The topological polar surface area (TPSA) is 68.0 Å². The quantitative estimate of drug-likeness (QED) is 0.348. The number of benzene rings is 2. The lowest BCUT2D eigenvalue weighted by Gasteiger charge is -2.38. The molecular weight excluding hydrogens is 505 g/mol. The van der Waals surface area contributed by atoms with Crippen LogP contribution in [-0.4, -0.2) is 44.3 Å². The van der Waals surface area contributed by atoms with Crippen molar-refractivity contribution in [3.8, 4) is 16.8 Å². The highest BCUT2D eigenvalue weighted by molar-refractivity contribution is 6.04. The molecule has 2 unspecified atom stereocenters. The predicted octanol–water partition coefficient (Wildman–Crippen LogP) is 5.14. The molecule has 3 aromatic heterocycles. The number of rotatable bonds is 3. The average Bonchev–Trinajstić information content (AvgIpc) is 3.17. The van der Waals surface area contributed by atoms with E-state index in [4.69, 9.17) is 0 Å². The smallest absolute Gasteiger partial charge is 0.368 e. The molecule has 39 heavy (non-hydrogen) atoms. The second kappa shape index (κ2) is 9.23. The Hall–Kier alpha value is -4.18. The van der Waals surface area contributed by atoms with E-state index in [1.165, 1.54) is 15.2 Å². The van der Waals surface area contributed by atoms with E-state index in [2.05, 4.69) is 15.3 Å². The summed E-state index contributed by atoms with van der Waals surface area (Å²) in [6, 6.07) is 13.7. The Kier molecular flexibility index (Phi) is 5.95. The number of hydrogen-bond donors (Lipinski definition) is 1. The van der Waals surface area contributed by atoms with Gasteiger partial charge in [0, 0.05) is 61.3 Å². The molecule has 0 amide bonds. The summed E-state index contributed by atoms with van der Waals surface area (Å²) in [4.78, 5) is 24.0. The maximum absolute atomic E-state index is 14.5. The van der Waals surface area contributed by atoms with Crippen molar-refractivity contribution in [1.29, 1.82) is 0 Å². The number of anilines is 1. The summed E-state index contributed by atoms with van der Waals surface area (Å²) in [5.74, 6) is 0. The molecule has 5 aromatic rings. The molecule has 6 rings (SSSR count). The molecule has 0 bridgehead atoms. The first kappa shape index (κ1) is 25.1. The van der Waals surface area contributed by atoms with Crippen molar-refractivity contribution in [3.05, 3.63) is 83.2 Å². The minimum atomic E-state index is -4.60. The average molecular weight is 533 g/mol. The predicted molar refractivity (Wildman–Crippen MR) is 146 cm³/mol. The Bertz CT molecular complexity index is 1750. The van der Waals surface area contributed by atoms with Crippen LogP contribution in [0, 0.1) is 0 Å². The molecule has 2 atom stereocenters. The lowest BCUT2D eigenvalue weighted by Crippen LogP contribution is -2.54. The number of aromatic nitrogens is 4. The Morgan fingerprint density at radius 1 is 0.974 bits per heavy atom. The van der Waals surface area contributed by atoms with Crippen LogP contribution in [0.3, 0.4) is 0 Å². The first-order valence-electron chi connectivity index (χ1n) is 12.7. The van der Waals surface area contributed by atoms with E-state index in [1.54, 1.807) is 36.6 Å². The fraction of sp³-hybridized carbons (Fsp3) is 0.276. The summed E-state index contributed by atoms with van der Waals surface area (Å²) in [6.45, 7) is 4.82. The number of fused-ring (bicyclic) bond motifs is 3. The van der Waals surface area contributed by atoms with Crippen molar-refractivity contribution in [2.24, 2.45) is 7.05 Å². The molecule has 200 valence electrons. The van der Waals surface area contributed by atoms with Crippen LogP contribution in [0.5, 0.6) is 0 Å². The summed E-state index contributed by atoms with van der Waals surface area (Å²) in [5, 5.41) is 4.02. The molecule has 0 spiro atoms. The highest BCUT2D eigenvalue weighted by Crippen LogP contribution is 2.39. The monoisotopic (exact) mass is 532 g/mol. The third kappa shape index (κ3) is 4.34. The van der Waals surface area contributed by atoms with Gasteiger partial charge in [-0.15, -0.1) is 0 Å². The number of alkyl halides is 3. The minimum Gasteiger partial charge on any atom is -0.368 e. The van der Waals surface area contributed by atoms with Crippen LogP contribution < -0.4 is 15.9 Å². The summed E-state index contributed by atoms with van der Waals surface area (Å²) in [7, 11) is 1.60. The second-order valence-corrected chi connectivity index (χ2v) is 10.2. The van der Waals surface area contributed by atoms with Gasteiger partial charge >= 0.3 is 11.9 Å². The number of nitrogens with zero attached hydrogens (tertiary/aromatic N) is 5. The minimum absolute atomic E-state index is 0.0445. The van der Waals surface area contributed by atoms with Gasteiger partial charge in [0.25, 0.3) is 0 Å². The van der Waals surface area contributed by atoms with Crippen LogP contribution in [0.4, 0.5) is 18.9 Å². The number of aryl methyl sites for hydroxylation is 1. The van der Waals surface area contributed by atoms with E-state index in [1.807, 2.05) is 44.2 Å². The van der Waals surface area contributed by atoms with E-state index in [-0.39, 0.29) is 23.5 Å². The first-order valence-corrected chi connectivity index (χ1v) is 12.7. The first-order chi connectivity index (χ1) is 18.6. The molecular formula is C29H27F3N6O. The van der Waals surface area contributed by atoms with Crippen LogP contribution in [0.15, 0.2) is 71.9 Å². The SMILES string of the molecule is CC1CN(c2ccc(-n3c(=O)n(C)c4cnc5ccc(-c6cccnc6)cc5c43)cc2C(F)(F)F)CC(C)N1. The lowest BCUT2D eigenvalue weighted by atomic mass is 10.0. The van der Waals surface area contributed by atoms with Crippen LogP contribution in [0.1, 0.15) is 19.4 Å². The van der Waals surface area contributed by atoms with E-state index in [9.17, 15) is 18.0 Å². The van der Waals surface area contributed by atoms with Gasteiger partial charge in [-0.05, 0) is 55.8 Å². The number of nitrogens with one attached hydrogen (secondary N) is 1. The highest BCUT2D eigenvalue weighted by Gasteiger charge is 2.37. The Morgan fingerprint density at radius 2 is 1.74 bits per heavy atom. The zero-order valence-corrected chi connectivity index (χ0v) is 21.7. The van der Waals surface area contributed by atoms with Gasteiger partial charge in [-0.25, -0.2) is 4.79 Å². The Morgan fingerprint density at radius 3 is 2.44 bits per heavy atom. The summed E-state index contributed by atoms with van der Waals surface area (Å²) >= 11 is 0. The van der Waals surface area contributed by atoms with Gasteiger partial charge in [0.2, 0.25) is 0 Å². The van der Waals surface area contributed by atoms with Gasteiger partial charge in [0.15, 0.2) is 0 Å². The van der Waals surface area contributed by atoms with Crippen molar-refractivity contribution in [2.45, 2.75) is 32.1 Å². The van der Waals surface area contributed by atoms with E-state index in [0.29, 0.717) is 35.0 Å². The normalized spacial score (nSPS) is 18.3. The molecule has 1 N–H and O–H groups in total. The highest BCUT2D eigenvalue weighted by atomic mass is 19.4. The third-order valence-corrected chi connectivity index (χ3v) is 7.32. The standard InChI is InChI=1S/C29H27F3N6O/c1-17-15-37(16-18(2)35-17)25-9-7-21(12-23(25)29(30,31)32)38-27-22-11-19(20-5-4-10-33-13-20)6-8-24(22)34-14-26(27)36(3)28(38)39/h4-14,17-18,35H,15-16H2,1-3H3. The zero-order chi connectivity index (χ0) is 27.5. The van der Waals surface area contributed by atoms with Gasteiger partial charge in [-0.2, -0.15) is 13.2 Å². The fourth-order valence-corrected chi connectivity index (χ4v) is 5.64. The molecule has 1 saturated heterocycles. The maximum Gasteiger partial charge on any atom is 0.418 e. The number of hydrogen-bond acceptors (Lipinski definition) is 5. The molecule has 1 aliphatic heterocycles. The number of imidazole rings is 1. The van der Waals surface area contributed by atoms with Gasteiger partial charge < -0.3 is 10.2 Å². The second-order valence-electron chi connectivity index (χ2n) is 10.2. The van der Waals surface area contributed by atoms with Gasteiger partial charge in [0.05, 0.1) is 34.0 Å². The molecule has 2 aromatic carbocycles. The van der Waals surface area contributed by atoms with Crippen LogP contribution in [-0.2, 0) is 13.2 Å². The molecule has 0 radical (unpaired) electrons. The molecule has 1 fully saturated rings. The number of piperazine rings is 1. The molecule has 0 aliphatic carbocycles. The number of pyridine rings is 2. The van der Waals surface area contributed by atoms with Crippen LogP contribution in [0.2, 0.25) is 0 Å². The van der Waals surface area contributed by atoms with Crippen molar-refractivity contribution < 1.29 is 13.2 Å². The molecule has 4 heterocycles. The summed E-state index contributed by atoms with van der Waals surface area (Å²) < 4.78 is 46.1. The Labute approximate surface area is 222 Å².